The highest BCUT2D eigenvalue weighted by Crippen LogP contribution is 2.35. The highest BCUT2D eigenvalue weighted by Gasteiger charge is 2.30. The van der Waals surface area contributed by atoms with E-state index in [-0.39, 0.29) is 23.9 Å². The first-order chi connectivity index (χ1) is 18.0. The third-order valence-electron chi connectivity index (χ3n) is 7.56. The third kappa shape index (κ3) is 6.10. The maximum absolute atomic E-state index is 11.9. The van der Waals surface area contributed by atoms with Gasteiger partial charge in [0.25, 0.3) is 0 Å². The van der Waals surface area contributed by atoms with E-state index in [1.165, 1.54) is 5.56 Å². The van der Waals surface area contributed by atoms with Gasteiger partial charge in [0.15, 0.2) is 5.82 Å². The number of carbonyl (C=O) groups excluding carboxylic acids is 2. The van der Waals surface area contributed by atoms with Crippen LogP contribution in [-0.2, 0) is 16.0 Å². The lowest BCUT2D eigenvalue weighted by Crippen LogP contribution is -2.32. The molecule has 0 amide bonds. The van der Waals surface area contributed by atoms with Crippen molar-refractivity contribution in [3.8, 4) is 22.5 Å². The first kappa shape index (κ1) is 25.6. The van der Waals surface area contributed by atoms with Crippen LogP contribution in [0.3, 0.4) is 0 Å². The molecule has 37 heavy (non-hydrogen) atoms. The van der Waals surface area contributed by atoms with Crippen LogP contribution in [-0.4, -0.2) is 34.6 Å². The quantitative estimate of drug-likeness (QED) is 0.226. The second kappa shape index (κ2) is 11.6. The summed E-state index contributed by atoms with van der Waals surface area (Å²) in [4.78, 5) is 36.1. The number of ketones is 2. The highest BCUT2D eigenvalue weighted by atomic mass is 35.5. The Balaban J connectivity index is 1.30. The SMILES string of the molecule is Cc1ccc(-c2nc3c(nc2-c2ccc(Cl)cc2)CCCN3CCCCCCC2CC(=O)CC2=O)cc1. The number of aryl methyl sites for hydroxylation is 2. The highest BCUT2D eigenvalue weighted by molar-refractivity contribution is 6.30. The Kier molecular flexibility index (Phi) is 7.99. The van der Waals surface area contributed by atoms with E-state index in [0.29, 0.717) is 11.4 Å². The molecule has 0 bridgehead atoms. The average Bonchev–Trinajstić information content (AvgIpc) is 3.22. The van der Waals surface area contributed by atoms with E-state index in [1.54, 1.807) is 0 Å². The molecule has 0 radical (unpaired) electrons. The number of anilines is 1. The van der Waals surface area contributed by atoms with Crippen LogP contribution in [0.4, 0.5) is 5.82 Å². The van der Waals surface area contributed by atoms with Gasteiger partial charge in [0, 0.05) is 41.6 Å². The number of halogens is 1. The standard InChI is InChI=1S/C31H34ClN3O2/c1-21-9-11-22(12-10-21)30-29(23-13-15-25(32)16-14-23)33-27-8-6-18-35(31(27)34-30)17-5-3-2-4-7-24-19-26(36)20-28(24)37/h9-16,24H,2-8,17-20H2,1H3. The monoisotopic (exact) mass is 515 g/mol. The number of hydrogen-bond donors (Lipinski definition) is 0. The van der Waals surface area contributed by atoms with E-state index in [1.807, 2.05) is 24.3 Å². The minimum Gasteiger partial charge on any atom is -0.355 e. The number of rotatable bonds is 9. The summed E-state index contributed by atoms with van der Waals surface area (Å²) in [5.41, 5.74) is 6.18. The molecule has 0 spiro atoms. The van der Waals surface area contributed by atoms with Crippen molar-refractivity contribution in [1.29, 1.82) is 0 Å². The molecule has 3 aromatic rings. The number of hydrogen-bond acceptors (Lipinski definition) is 5. The van der Waals surface area contributed by atoms with Crippen LogP contribution in [0.5, 0.6) is 0 Å². The fraction of sp³-hybridized carbons (Fsp3) is 0.419. The van der Waals surface area contributed by atoms with Crippen molar-refractivity contribution in [3.05, 3.63) is 64.8 Å². The van der Waals surface area contributed by atoms with Gasteiger partial charge in [-0.1, -0.05) is 72.8 Å². The fourth-order valence-corrected chi connectivity index (χ4v) is 5.60. The Bertz CT molecular complexity index is 1270. The molecule has 1 aliphatic carbocycles. The number of carbonyl (C=O) groups is 2. The number of unbranched alkanes of at least 4 members (excludes halogenated alkanes) is 3. The van der Waals surface area contributed by atoms with Gasteiger partial charge in [0.2, 0.25) is 0 Å². The molecule has 1 unspecified atom stereocenters. The van der Waals surface area contributed by atoms with Gasteiger partial charge in [-0.15, -0.1) is 0 Å². The van der Waals surface area contributed by atoms with Crippen LogP contribution in [0.25, 0.3) is 22.5 Å². The molecule has 0 saturated heterocycles. The molecule has 2 aromatic carbocycles. The van der Waals surface area contributed by atoms with Gasteiger partial charge in [-0.2, -0.15) is 0 Å². The van der Waals surface area contributed by atoms with Crippen LogP contribution in [0.15, 0.2) is 48.5 Å². The lowest BCUT2D eigenvalue weighted by Gasteiger charge is -2.30. The minimum absolute atomic E-state index is 0.0215. The van der Waals surface area contributed by atoms with Crippen molar-refractivity contribution in [2.24, 2.45) is 5.92 Å². The van der Waals surface area contributed by atoms with Crippen LogP contribution in [0.1, 0.15) is 62.6 Å². The lowest BCUT2D eigenvalue weighted by molar-refractivity contribution is -0.122. The Morgan fingerprint density at radius 1 is 0.892 bits per heavy atom. The fourth-order valence-electron chi connectivity index (χ4n) is 5.47. The zero-order chi connectivity index (χ0) is 25.8. The van der Waals surface area contributed by atoms with Crippen LogP contribution in [0, 0.1) is 12.8 Å². The Morgan fingerprint density at radius 3 is 2.27 bits per heavy atom. The largest absolute Gasteiger partial charge is 0.355 e. The Hall–Kier alpha value is -3.05. The minimum atomic E-state index is -0.0215. The molecule has 5 rings (SSSR count). The molecule has 192 valence electrons. The summed E-state index contributed by atoms with van der Waals surface area (Å²) in [6.45, 7) is 4.04. The van der Waals surface area contributed by atoms with Crippen molar-refractivity contribution in [1.82, 2.24) is 9.97 Å². The molecular weight excluding hydrogens is 482 g/mol. The van der Waals surface area contributed by atoms with E-state index in [4.69, 9.17) is 21.6 Å². The molecule has 2 heterocycles. The first-order valence-electron chi connectivity index (χ1n) is 13.5. The van der Waals surface area contributed by atoms with E-state index >= 15 is 0 Å². The van der Waals surface area contributed by atoms with Gasteiger partial charge in [0.05, 0.1) is 23.5 Å². The van der Waals surface area contributed by atoms with Crippen molar-refractivity contribution in [2.45, 2.75) is 64.7 Å². The normalized spacial score (nSPS) is 17.4. The Labute approximate surface area is 224 Å². The van der Waals surface area contributed by atoms with Gasteiger partial charge >= 0.3 is 0 Å². The van der Waals surface area contributed by atoms with Gasteiger partial charge in [-0.3, -0.25) is 9.59 Å². The molecule has 1 atom stereocenters. The van der Waals surface area contributed by atoms with Crippen LogP contribution >= 0.6 is 11.6 Å². The number of aromatic nitrogens is 2. The third-order valence-corrected chi connectivity index (χ3v) is 7.81. The zero-order valence-electron chi connectivity index (χ0n) is 21.5. The molecule has 1 fully saturated rings. The summed E-state index contributed by atoms with van der Waals surface area (Å²) in [5.74, 6) is 1.25. The van der Waals surface area contributed by atoms with Gasteiger partial charge < -0.3 is 4.90 Å². The lowest BCUT2D eigenvalue weighted by atomic mass is 9.98. The molecule has 1 saturated carbocycles. The molecule has 0 N–H and O–H groups in total. The van der Waals surface area contributed by atoms with E-state index < -0.39 is 0 Å². The second-order valence-electron chi connectivity index (χ2n) is 10.4. The van der Waals surface area contributed by atoms with Crippen molar-refractivity contribution in [3.63, 3.8) is 0 Å². The molecule has 1 aromatic heterocycles. The summed E-state index contributed by atoms with van der Waals surface area (Å²) in [6, 6.07) is 16.3. The van der Waals surface area contributed by atoms with Gasteiger partial charge in [0.1, 0.15) is 11.6 Å². The number of benzene rings is 2. The number of Topliss-reactive ketones (excluding diaryl/α,β-unsaturated/α-hetero) is 2. The van der Waals surface area contributed by atoms with E-state index in [9.17, 15) is 9.59 Å². The maximum atomic E-state index is 11.9. The average molecular weight is 516 g/mol. The first-order valence-corrected chi connectivity index (χ1v) is 13.9. The predicted molar refractivity (Wildman–Crippen MR) is 149 cm³/mol. The Morgan fingerprint density at radius 2 is 1.57 bits per heavy atom. The molecule has 6 heteroatoms. The topological polar surface area (TPSA) is 63.2 Å². The van der Waals surface area contributed by atoms with E-state index in [0.717, 1.165) is 92.1 Å². The molecule has 1 aliphatic heterocycles. The van der Waals surface area contributed by atoms with Gasteiger partial charge in [-0.05, 0) is 44.7 Å². The number of fused-ring (bicyclic) bond motifs is 1. The number of nitrogens with zero attached hydrogens (tertiary/aromatic N) is 3. The molecule has 2 aliphatic rings. The predicted octanol–water partition coefficient (Wildman–Crippen LogP) is 7.02. The van der Waals surface area contributed by atoms with Crippen molar-refractivity contribution < 1.29 is 9.59 Å². The summed E-state index contributed by atoms with van der Waals surface area (Å²) in [5, 5.41) is 0.709. The van der Waals surface area contributed by atoms with E-state index in [2.05, 4.69) is 36.1 Å². The molecular formula is C31H34ClN3O2. The summed E-state index contributed by atoms with van der Waals surface area (Å²) >= 11 is 6.16. The summed E-state index contributed by atoms with van der Waals surface area (Å²) < 4.78 is 0. The smallest absolute Gasteiger partial charge is 0.151 e. The van der Waals surface area contributed by atoms with Crippen molar-refractivity contribution in [2.75, 3.05) is 18.0 Å². The van der Waals surface area contributed by atoms with Crippen LogP contribution < -0.4 is 4.90 Å². The molecule has 5 nitrogen and oxygen atoms in total. The summed E-state index contributed by atoms with van der Waals surface area (Å²) in [7, 11) is 0. The van der Waals surface area contributed by atoms with Crippen LogP contribution in [0.2, 0.25) is 5.02 Å². The second-order valence-corrected chi connectivity index (χ2v) is 10.9. The summed E-state index contributed by atoms with van der Waals surface area (Å²) in [6.07, 6.45) is 7.78. The maximum Gasteiger partial charge on any atom is 0.151 e. The zero-order valence-corrected chi connectivity index (χ0v) is 22.3. The van der Waals surface area contributed by atoms with Crippen molar-refractivity contribution >= 4 is 29.0 Å². The van der Waals surface area contributed by atoms with Gasteiger partial charge in [-0.25, -0.2) is 9.97 Å².